The molecule has 6 heteroatoms. The molecule has 2 amide bonds. The minimum absolute atomic E-state index is 0.242. The maximum atomic E-state index is 13.0. The largest absolute Gasteiger partial charge is 0.495 e. The van der Waals surface area contributed by atoms with Crippen LogP contribution in [-0.4, -0.2) is 24.6 Å². The molecule has 1 saturated heterocycles. The van der Waals surface area contributed by atoms with Gasteiger partial charge in [-0.2, -0.15) is 0 Å². The molecule has 6 nitrogen and oxygen atoms in total. The van der Waals surface area contributed by atoms with Gasteiger partial charge < -0.3 is 20.1 Å². The molecule has 3 atom stereocenters. The summed E-state index contributed by atoms with van der Waals surface area (Å²) in [4.78, 5) is 25.7. The summed E-state index contributed by atoms with van der Waals surface area (Å²) in [6.45, 7) is 1.84. The standard InChI is InChI=1S/C20H20N2O4/c1-20-11-13(12-7-3-5-9-15(12)26-20)17(19(24)22-20)18(23)21-14-8-4-6-10-16(14)25-2/h3-10,13,17H,11H2,1-2H3,(H,21,23)(H,22,24)/t13-,17-,20+/m1/s1. The summed E-state index contributed by atoms with van der Waals surface area (Å²) in [5, 5.41) is 5.70. The number of carbonyl (C=O) groups excluding carboxylic acids is 2. The fourth-order valence-electron chi connectivity index (χ4n) is 3.85. The number of nitrogens with one attached hydrogen (secondary N) is 2. The molecule has 2 aromatic rings. The van der Waals surface area contributed by atoms with E-state index < -0.39 is 11.6 Å². The Bertz CT molecular complexity index is 882. The predicted octanol–water partition coefficient (Wildman–Crippen LogP) is 2.66. The zero-order chi connectivity index (χ0) is 18.3. The first-order valence-electron chi connectivity index (χ1n) is 8.54. The monoisotopic (exact) mass is 352 g/mol. The minimum Gasteiger partial charge on any atom is -0.495 e. The average Bonchev–Trinajstić information content (AvgIpc) is 2.61. The Balaban J connectivity index is 1.68. The van der Waals surface area contributed by atoms with Crippen LogP contribution in [0.25, 0.3) is 0 Å². The lowest BCUT2D eigenvalue weighted by Gasteiger charge is -2.46. The van der Waals surface area contributed by atoms with Gasteiger partial charge >= 0.3 is 0 Å². The van der Waals surface area contributed by atoms with Crippen molar-refractivity contribution in [3.8, 4) is 11.5 Å². The fourth-order valence-corrected chi connectivity index (χ4v) is 3.85. The number of piperidine rings is 1. The van der Waals surface area contributed by atoms with Crippen molar-refractivity contribution >= 4 is 17.5 Å². The Morgan fingerprint density at radius 1 is 1.23 bits per heavy atom. The van der Waals surface area contributed by atoms with Gasteiger partial charge in [-0.1, -0.05) is 30.3 Å². The van der Waals surface area contributed by atoms with E-state index in [2.05, 4.69) is 10.6 Å². The van der Waals surface area contributed by atoms with E-state index in [1.54, 1.807) is 25.3 Å². The summed E-state index contributed by atoms with van der Waals surface area (Å²) in [5.41, 5.74) is 0.638. The van der Waals surface area contributed by atoms with E-state index in [1.807, 2.05) is 37.3 Å². The van der Waals surface area contributed by atoms with Gasteiger partial charge in [-0.05, 0) is 30.7 Å². The highest BCUT2D eigenvalue weighted by molar-refractivity contribution is 6.08. The number of rotatable bonds is 3. The van der Waals surface area contributed by atoms with Crippen molar-refractivity contribution in [2.75, 3.05) is 12.4 Å². The minimum atomic E-state index is -0.835. The number of benzene rings is 2. The molecule has 0 saturated carbocycles. The van der Waals surface area contributed by atoms with Gasteiger partial charge in [-0.25, -0.2) is 0 Å². The van der Waals surface area contributed by atoms with Crippen LogP contribution in [0.15, 0.2) is 48.5 Å². The van der Waals surface area contributed by atoms with E-state index in [4.69, 9.17) is 9.47 Å². The predicted molar refractivity (Wildman–Crippen MR) is 96.1 cm³/mol. The Morgan fingerprint density at radius 3 is 2.77 bits per heavy atom. The Hall–Kier alpha value is -3.02. The number of hydrogen-bond donors (Lipinski definition) is 2. The van der Waals surface area contributed by atoms with Crippen LogP contribution in [0.1, 0.15) is 24.8 Å². The number of anilines is 1. The molecule has 4 rings (SSSR count). The first-order chi connectivity index (χ1) is 12.5. The van der Waals surface area contributed by atoms with Gasteiger partial charge in [0, 0.05) is 12.3 Å². The summed E-state index contributed by atoms with van der Waals surface area (Å²) in [6.07, 6.45) is 0.541. The molecule has 2 bridgehead atoms. The molecule has 0 spiro atoms. The highest BCUT2D eigenvalue weighted by atomic mass is 16.5. The van der Waals surface area contributed by atoms with Crippen LogP contribution in [0, 0.1) is 5.92 Å². The summed E-state index contributed by atoms with van der Waals surface area (Å²) >= 11 is 0. The number of para-hydroxylation sites is 3. The summed E-state index contributed by atoms with van der Waals surface area (Å²) in [6, 6.07) is 14.7. The number of fused-ring (bicyclic) bond motifs is 4. The summed E-state index contributed by atoms with van der Waals surface area (Å²) in [7, 11) is 1.54. The molecule has 2 N–H and O–H groups in total. The maximum Gasteiger partial charge on any atom is 0.237 e. The third-order valence-electron chi connectivity index (χ3n) is 4.98. The zero-order valence-corrected chi connectivity index (χ0v) is 14.6. The Labute approximate surface area is 151 Å². The molecular formula is C20H20N2O4. The Morgan fingerprint density at radius 2 is 1.96 bits per heavy atom. The van der Waals surface area contributed by atoms with Crippen molar-refractivity contribution in [1.82, 2.24) is 5.32 Å². The lowest BCUT2D eigenvalue weighted by atomic mass is 9.74. The number of methoxy groups -OCH3 is 1. The summed E-state index contributed by atoms with van der Waals surface area (Å²) in [5.74, 6) is -0.497. The van der Waals surface area contributed by atoms with Crippen molar-refractivity contribution in [3.63, 3.8) is 0 Å². The number of amides is 2. The second kappa shape index (κ2) is 6.05. The number of carbonyl (C=O) groups is 2. The van der Waals surface area contributed by atoms with E-state index in [1.165, 1.54) is 0 Å². The fraction of sp³-hybridized carbons (Fsp3) is 0.300. The second-order valence-electron chi connectivity index (χ2n) is 6.84. The van der Waals surface area contributed by atoms with Crippen LogP contribution in [0.4, 0.5) is 5.69 Å². The van der Waals surface area contributed by atoms with Gasteiger partial charge in [-0.15, -0.1) is 0 Å². The quantitative estimate of drug-likeness (QED) is 0.833. The average molecular weight is 352 g/mol. The van der Waals surface area contributed by atoms with Gasteiger partial charge in [0.1, 0.15) is 17.4 Å². The molecule has 0 aromatic heterocycles. The first-order valence-corrected chi connectivity index (χ1v) is 8.54. The normalized spacial score (nSPS) is 26.2. The van der Waals surface area contributed by atoms with Gasteiger partial charge in [0.05, 0.1) is 12.8 Å². The van der Waals surface area contributed by atoms with E-state index >= 15 is 0 Å². The zero-order valence-electron chi connectivity index (χ0n) is 14.6. The van der Waals surface area contributed by atoms with Crippen LogP contribution in [0.2, 0.25) is 0 Å². The molecule has 134 valence electrons. The SMILES string of the molecule is COc1ccccc1NC(=O)[C@@H]1C(=O)N[C@]2(C)C[C@@H]1c1ccccc1O2. The molecule has 2 heterocycles. The van der Waals surface area contributed by atoms with Gasteiger partial charge in [0.25, 0.3) is 0 Å². The van der Waals surface area contributed by atoms with E-state index in [0.29, 0.717) is 23.6 Å². The maximum absolute atomic E-state index is 13.0. The molecule has 26 heavy (non-hydrogen) atoms. The molecule has 0 aliphatic carbocycles. The van der Waals surface area contributed by atoms with Crippen LogP contribution >= 0.6 is 0 Å². The molecule has 0 unspecified atom stereocenters. The van der Waals surface area contributed by atoms with Crippen LogP contribution < -0.4 is 20.1 Å². The van der Waals surface area contributed by atoms with Crippen LogP contribution in [0.5, 0.6) is 11.5 Å². The highest BCUT2D eigenvalue weighted by Gasteiger charge is 2.51. The third-order valence-corrected chi connectivity index (χ3v) is 4.98. The van der Waals surface area contributed by atoms with E-state index in [0.717, 1.165) is 5.56 Å². The first kappa shape index (κ1) is 16.4. The Kier molecular flexibility index (Phi) is 3.83. The smallest absolute Gasteiger partial charge is 0.237 e. The number of ether oxygens (including phenoxy) is 2. The van der Waals surface area contributed by atoms with Crippen molar-refractivity contribution in [3.05, 3.63) is 54.1 Å². The molecule has 2 aromatic carbocycles. The highest BCUT2D eigenvalue weighted by Crippen LogP contribution is 2.46. The van der Waals surface area contributed by atoms with E-state index in [-0.39, 0.29) is 17.7 Å². The van der Waals surface area contributed by atoms with Gasteiger partial charge in [0.15, 0.2) is 5.72 Å². The molecular weight excluding hydrogens is 332 g/mol. The topological polar surface area (TPSA) is 76.7 Å². The van der Waals surface area contributed by atoms with Gasteiger partial charge in [-0.3, -0.25) is 9.59 Å². The van der Waals surface area contributed by atoms with Crippen molar-refractivity contribution in [2.45, 2.75) is 25.0 Å². The van der Waals surface area contributed by atoms with E-state index in [9.17, 15) is 9.59 Å². The molecule has 2 aliphatic heterocycles. The van der Waals surface area contributed by atoms with Crippen molar-refractivity contribution in [2.24, 2.45) is 5.92 Å². The lowest BCUT2D eigenvalue weighted by molar-refractivity contribution is -0.145. The lowest BCUT2D eigenvalue weighted by Crippen LogP contribution is -2.62. The number of hydrogen-bond acceptors (Lipinski definition) is 4. The molecule has 2 aliphatic rings. The third kappa shape index (κ3) is 2.67. The summed E-state index contributed by atoms with van der Waals surface area (Å²) < 4.78 is 11.2. The van der Waals surface area contributed by atoms with Crippen LogP contribution in [-0.2, 0) is 9.59 Å². The second-order valence-corrected chi connectivity index (χ2v) is 6.84. The van der Waals surface area contributed by atoms with Crippen LogP contribution in [0.3, 0.4) is 0 Å². The van der Waals surface area contributed by atoms with Crippen molar-refractivity contribution < 1.29 is 19.1 Å². The van der Waals surface area contributed by atoms with Crippen molar-refractivity contribution in [1.29, 1.82) is 0 Å². The molecule has 1 fully saturated rings. The van der Waals surface area contributed by atoms with Gasteiger partial charge in [0.2, 0.25) is 11.8 Å². The molecule has 0 radical (unpaired) electrons.